The van der Waals surface area contributed by atoms with Gasteiger partial charge in [-0.2, -0.15) is 0 Å². The molecule has 0 radical (unpaired) electrons. The molecular formula is C13H13NO3. The van der Waals surface area contributed by atoms with Gasteiger partial charge in [-0.25, -0.2) is 0 Å². The molecule has 17 heavy (non-hydrogen) atoms. The minimum atomic E-state index is -0.106. The van der Waals surface area contributed by atoms with E-state index in [0.29, 0.717) is 29.2 Å². The predicted molar refractivity (Wildman–Crippen MR) is 62.3 cm³/mol. The molecule has 2 rings (SSSR count). The van der Waals surface area contributed by atoms with Crippen LogP contribution in [0, 0.1) is 6.92 Å². The lowest BCUT2D eigenvalue weighted by Gasteiger charge is -2.04. The van der Waals surface area contributed by atoms with Crippen LogP contribution in [0.2, 0.25) is 0 Å². The Morgan fingerprint density at radius 1 is 1.47 bits per heavy atom. The fourth-order valence-corrected chi connectivity index (χ4v) is 1.56. The van der Waals surface area contributed by atoms with Crippen molar-refractivity contribution in [2.45, 2.75) is 13.8 Å². The second kappa shape index (κ2) is 4.82. The van der Waals surface area contributed by atoms with Crippen molar-refractivity contribution in [3.05, 3.63) is 47.7 Å². The highest BCUT2D eigenvalue weighted by Crippen LogP contribution is 2.17. The number of aromatic nitrogens is 1. The fraction of sp³-hybridized carbons (Fsp3) is 0.231. The number of rotatable bonds is 4. The van der Waals surface area contributed by atoms with Crippen LogP contribution in [0.25, 0.3) is 0 Å². The Labute approximate surface area is 99.2 Å². The van der Waals surface area contributed by atoms with E-state index in [0.717, 1.165) is 0 Å². The summed E-state index contributed by atoms with van der Waals surface area (Å²) in [4.78, 5) is 16.1. The third-order valence-electron chi connectivity index (χ3n) is 2.39. The Kier molecular flexibility index (Phi) is 3.23. The van der Waals surface area contributed by atoms with Crippen LogP contribution < -0.4 is 4.74 Å². The van der Waals surface area contributed by atoms with Crippen LogP contribution in [0.1, 0.15) is 28.6 Å². The van der Waals surface area contributed by atoms with Crippen LogP contribution in [-0.2, 0) is 0 Å². The van der Waals surface area contributed by atoms with Gasteiger partial charge in [-0.1, -0.05) is 0 Å². The Bertz CT molecular complexity index is 531. The van der Waals surface area contributed by atoms with Crippen LogP contribution in [0.3, 0.4) is 0 Å². The molecule has 0 saturated carbocycles. The van der Waals surface area contributed by atoms with Gasteiger partial charge in [-0.15, -0.1) is 0 Å². The van der Waals surface area contributed by atoms with Gasteiger partial charge in [0.1, 0.15) is 11.5 Å². The van der Waals surface area contributed by atoms with Crippen molar-refractivity contribution in [1.29, 1.82) is 0 Å². The molecule has 0 fully saturated rings. The van der Waals surface area contributed by atoms with E-state index in [1.54, 1.807) is 25.3 Å². The molecule has 0 spiro atoms. The fourth-order valence-electron chi connectivity index (χ4n) is 1.56. The van der Waals surface area contributed by atoms with Crippen LogP contribution in [0.4, 0.5) is 0 Å². The molecule has 0 aromatic carbocycles. The van der Waals surface area contributed by atoms with Crippen LogP contribution >= 0.6 is 0 Å². The molecule has 0 aliphatic heterocycles. The van der Waals surface area contributed by atoms with Gasteiger partial charge in [0.05, 0.1) is 24.6 Å². The molecule has 4 heteroatoms. The third-order valence-corrected chi connectivity index (χ3v) is 2.39. The van der Waals surface area contributed by atoms with Crippen molar-refractivity contribution in [2.24, 2.45) is 0 Å². The highest BCUT2D eigenvalue weighted by molar-refractivity contribution is 6.09. The first-order valence-corrected chi connectivity index (χ1v) is 5.39. The lowest BCUT2D eigenvalue weighted by Crippen LogP contribution is -2.03. The summed E-state index contributed by atoms with van der Waals surface area (Å²) in [5, 5.41) is 0. The number of pyridine rings is 1. The first-order valence-electron chi connectivity index (χ1n) is 5.39. The molecule has 2 heterocycles. The minimum absolute atomic E-state index is 0.106. The monoisotopic (exact) mass is 231 g/mol. The van der Waals surface area contributed by atoms with Crippen molar-refractivity contribution in [3.8, 4) is 5.75 Å². The Balaban J connectivity index is 2.31. The number of nitrogens with zero attached hydrogens (tertiary/aromatic N) is 1. The first-order chi connectivity index (χ1) is 8.22. The number of aryl methyl sites for hydroxylation is 1. The molecular weight excluding hydrogens is 218 g/mol. The number of ether oxygens (including phenoxy) is 1. The standard InChI is InChI=1S/C13H13NO3/c1-3-16-11-6-10(7-14-8-11)13(15)12-4-5-17-9(12)2/h4-8H,3H2,1-2H3. The molecule has 0 bridgehead atoms. The topological polar surface area (TPSA) is 52.3 Å². The summed E-state index contributed by atoms with van der Waals surface area (Å²) in [5.41, 5.74) is 1.06. The largest absolute Gasteiger partial charge is 0.492 e. The summed E-state index contributed by atoms with van der Waals surface area (Å²) >= 11 is 0. The molecule has 4 nitrogen and oxygen atoms in total. The van der Waals surface area contributed by atoms with Crippen LogP contribution in [0.5, 0.6) is 5.75 Å². The summed E-state index contributed by atoms with van der Waals surface area (Å²) in [6, 6.07) is 3.34. The minimum Gasteiger partial charge on any atom is -0.492 e. The number of carbonyl (C=O) groups excluding carboxylic acids is 1. The van der Waals surface area contributed by atoms with E-state index in [9.17, 15) is 4.79 Å². The van der Waals surface area contributed by atoms with Crippen molar-refractivity contribution >= 4 is 5.78 Å². The van der Waals surface area contributed by atoms with Gasteiger partial charge < -0.3 is 9.15 Å². The van der Waals surface area contributed by atoms with Gasteiger partial charge in [0.2, 0.25) is 0 Å². The smallest absolute Gasteiger partial charge is 0.198 e. The molecule has 2 aromatic heterocycles. The number of hydrogen-bond acceptors (Lipinski definition) is 4. The summed E-state index contributed by atoms with van der Waals surface area (Å²) < 4.78 is 10.4. The predicted octanol–water partition coefficient (Wildman–Crippen LogP) is 2.61. The average Bonchev–Trinajstić information content (AvgIpc) is 2.75. The molecule has 0 atom stereocenters. The Morgan fingerprint density at radius 2 is 2.29 bits per heavy atom. The maximum absolute atomic E-state index is 12.1. The SMILES string of the molecule is CCOc1cncc(C(=O)c2ccoc2C)c1. The zero-order valence-corrected chi connectivity index (χ0v) is 9.77. The second-order valence-electron chi connectivity index (χ2n) is 3.56. The van der Waals surface area contributed by atoms with E-state index in [-0.39, 0.29) is 5.78 Å². The summed E-state index contributed by atoms with van der Waals surface area (Å²) in [6.45, 7) is 4.19. The lowest BCUT2D eigenvalue weighted by molar-refractivity contribution is 0.103. The van der Waals surface area contributed by atoms with Gasteiger partial charge in [0.15, 0.2) is 5.78 Å². The van der Waals surface area contributed by atoms with Gasteiger partial charge in [-0.05, 0) is 26.0 Å². The summed E-state index contributed by atoms with van der Waals surface area (Å²) in [7, 11) is 0. The van der Waals surface area contributed by atoms with Gasteiger partial charge in [0, 0.05) is 11.8 Å². The molecule has 0 aliphatic rings. The number of hydrogen-bond donors (Lipinski definition) is 0. The molecule has 0 saturated heterocycles. The number of furan rings is 1. The first kappa shape index (κ1) is 11.4. The number of carbonyl (C=O) groups is 1. The maximum Gasteiger partial charge on any atom is 0.198 e. The Morgan fingerprint density at radius 3 is 2.94 bits per heavy atom. The van der Waals surface area contributed by atoms with Gasteiger partial charge in [0.25, 0.3) is 0 Å². The molecule has 0 amide bonds. The summed E-state index contributed by atoms with van der Waals surface area (Å²) in [5.74, 6) is 1.10. The van der Waals surface area contributed by atoms with Gasteiger partial charge in [-0.3, -0.25) is 9.78 Å². The normalized spacial score (nSPS) is 10.2. The Hall–Kier alpha value is -2.10. The van der Waals surface area contributed by atoms with Crippen molar-refractivity contribution < 1.29 is 13.9 Å². The van der Waals surface area contributed by atoms with E-state index in [4.69, 9.17) is 9.15 Å². The quantitative estimate of drug-likeness (QED) is 0.759. The zero-order valence-electron chi connectivity index (χ0n) is 9.77. The third kappa shape index (κ3) is 2.36. The van der Waals surface area contributed by atoms with Crippen LogP contribution in [-0.4, -0.2) is 17.4 Å². The van der Waals surface area contributed by atoms with E-state index >= 15 is 0 Å². The lowest BCUT2D eigenvalue weighted by atomic mass is 10.1. The second-order valence-corrected chi connectivity index (χ2v) is 3.56. The average molecular weight is 231 g/mol. The van der Waals surface area contributed by atoms with E-state index in [1.165, 1.54) is 12.5 Å². The molecule has 2 aromatic rings. The van der Waals surface area contributed by atoms with Crippen molar-refractivity contribution in [3.63, 3.8) is 0 Å². The molecule has 0 aliphatic carbocycles. The number of ketones is 1. The maximum atomic E-state index is 12.1. The molecule has 88 valence electrons. The van der Waals surface area contributed by atoms with Gasteiger partial charge >= 0.3 is 0 Å². The summed E-state index contributed by atoms with van der Waals surface area (Å²) in [6.07, 6.45) is 4.61. The van der Waals surface area contributed by atoms with E-state index < -0.39 is 0 Å². The molecule has 0 unspecified atom stereocenters. The van der Waals surface area contributed by atoms with E-state index in [1.807, 2.05) is 6.92 Å². The highest BCUT2D eigenvalue weighted by atomic mass is 16.5. The highest BCUT2D eigenvalue weighted by Gasteiger charge is 2.14. The van der Waals surface area contributed by atoms with Crippen molar-refractivity contribution in [2.75, 3.05) is 6.61 Å². The zero-order chi connectivity index (χ0) is 12.3. The van der Waals surface area contributed by atoms with Crippen molar-refractivity contribution in [1.82, 2.24) is 4.98 Å². The molecule has 0 N–H and O–H groups in total. The van der Waals surface area contributed by atoms with Crippen LogP contribution in [0.15, 0.2) is 35.2 Å². The van der Waals surface area contributed by atoms with E-state index in [2.05, 4.69) is 4.98 Å².